The zero-order valence-corrected chi connectivity index (χ0v) is 15.2. The maximum Gasteiger partial charge on any atom is 0.287 e. The van der Waals surface area contributed by atoms with Gasteiger partial charge in [0.2, 0.25) is 5.91 Å². The molecule has 1 atom stereocenters. The molecule has 3 rings (SSSR count). The Morgan fingerprint density at radius 2 is 2.20 bits per heavy atom. The number of hydrogen-bond donors (Lipinski definition) is 2. The molecule has 0 fully saturated rings. The number of amides is 2. The Labute approximate surface area is 153 Å². The number of hydrogen-bond acceptors (Lipinski definition) is 6. The summed E-state index contributed by atoms with van der Waals surface area (Å²) in [4.78, 5) is 29.0. The van der Waals surface area contributed by atoms with Crippen LogP contribution in [0.1, 0.15) is 17.0 Å². The van der Waals surface area contributed by atoms with Crippen LogP contribution in [0, 0.1) is 0 Å². The minimum absolute atomic E-state index is 0.192. The van der Waals surface area contributed by atoms with Gasteiger partial charge in [0.05, 0.1) is 0 Å². The van der Waals surface area contributed by atoms with Gasteiger partial charge in [-0.05, 0) is 30.6 Å². The van der Waals surface area contributed by atoms with E-state index >= 15 is 0 Å². The maximum absolute atomic E-state index is 12.5. The van der Waals surface area contributed by atoms with Gasteiger partial charge < -0.3 is 15.1 Å². The highest BCUT2D eigenvalue weighted by molar-refractivity contribution is 7.98. The van der Waals surface area contributed by atoms with Crippen molar-refractivity contribution in [2.24, 2.45) is 0 Å². The minimum Gasteiger partial charge on any atom is -0.451 e. The number of carbonyl (C=O) groups excluding carboxylic acids is 2. The first-order valence-electron chi connectivity index (χ1n) is 7.66. The second kappa shape index (κ2) is 8.17. The second-order valence-electron chi connectivity index (χ2n) is 5.28. The molecule has 0 radical (unpaired) electrons. The van der Waals surface area contributed by atoms with Crippen molar-refractivity contribution in [1.29, 1.82) is 0 Å². The number of carbonyl (C=O) groups is 2. The van der Waals surface area contributed by atoms with Crippen molar-refractivity contribution in [2.75, 3.05) is 17.3 Å². The number of nitrogens with one attached hydrogen (secondary N) is 2. The number of aromatic nitrogens is 1. The molecule has 0 aliphatic rings. The number of thioether (sulfide) groups is 1. The number of benzene rings is 1. The second-order valence-corrected chi connectivity index (χ2v) is 7.16. The van der Waals surface area contributed by atoms with Gasteiger partial charge in [0.1, 0.15) is 11.6 Å². The lowest BCUT2D eigenvalue weighted by Gasteiger charge is -2.16. The van der Waals surface area contributed by atoms with Crippen molar-refractivity contribution in [3.8, 4) is 0 Å². The maximum atomic E-state index is 12.5. The Balaban J connectivity index is 1.72. The summed E-state index contributed by atoms with van der Waals surface area (Å²) in [6.07, 6.45) is 4.09. The summed E-state index contributed by atoms with van der Waals surface area (Å²) in [7, 11) is 0. The van der Waals surface area contributed by atoms with Crippen LogP contribution in [0.15, 0.2) is 46.3 Å². The van der Waals surface area contributed by atoms with E-state index in [-0.39, 0.29) is 11.7 Å². The number of fused-ring (bicyclic) bond motifs is 1. The fraction of sp³-hybridized carbons (Fsp3) is 0.235. The molecule has 2 heterocycles. The molecular weight excluding hydrogens is 358 g/mol. The van der Waals surface area contributed by atoms with Crippen molar-refractivity contribution in [3.05, 3.63) is 47.7 Å². The molecule has 8 heteroatoms. The molecule has 0 saturated carbocycles. The topological polar surface area (TPSA) is 84.2 Å². The van der Waals surface area contributed by atoms with E-state index in [1.807, 2.05) is 24.5 Å². The molecule has 25 heavy (non-hydrogen) atoms. The summed E-state index contributed by atoms with van der Waals surface area (Å²) in [6, 6.07) is 8.41. The van der Waals surface area contributed by atoms with E-state index < -0.39 is 11.9 Å². The highest BCUT2D eigenvalue weighted by atomic mass is 32.2. The lowest BCUT2D eigenvalue weighted by Crippen LogP contribution is -2.44. The number of para-hydroxylation sites is 1. The zero-order valence-electron chi connectivity index (χ0n) is 13.5. The highest BCUT2D eigenvalue weighted by Crippen LogP contribution is 2.19. The Bertz CT molecular complexity index is 828. The number of rotatable bonds is 7. The molecule has 0 aliphatic heterocycles. The van der Waals surface area contributed by atoms with E-state index in [0.717, 1.165) is 11.1 Å². The third kappa shape index (κ3) is 4.40. The third-order valence-electron chi connectivity index (χ3n) is 3.54. The summed E-state index contributed by atoms with van der Waals surface area (Å²) in [5.74, 6) is 0.249. The SMILES string of the molecule is CSCCC(NC(=O)c1cc2ccccc2o1)C(=O)Nc1nccs1. The van der Waals surface area contributed by atoms with E-state index in [2.05, 4.69) is 15.6 Å². The Hall–Kier alpha value is -2.32. The predicted molar refractivity (Wildman–Crippen MR) is 101 cm³/mol. The standard InChI is InChI=1S/C17H17N3O3S2/c1-24-8-6-12(15(21)20-17-18-7-9-25-17)19-16(22)14-10-11-4-2-3-5-13(11)23-14/h2-5,7,9-10,12H,6,8H2,1H3,(H,19,22)(H,18,20,21). The Morgan fingerprint density at radius 3 is 2.92 bits per heavy atom. The summed E-state index contributed by atoms with van der Waals surface area (Å²) in [5.41, 5.74) is 0.639. The summed E-state index contributed by atoms with van der Waals surface area (Å²) in [5, 5.41) is 8.62. The van der Waals surface area contributed by atoms with Crippen LogP contribution >= 0.6 is 23.1 Å². The van der Waals surface area contributed by atoms with E-state index in [1.165, 1.54) is 11.3 Å². The molecule has 0 spiro atoms. The molecule has 2 N–H and O–H groups in total. The van der Waals surface area contributed by atoms with Gasteiger partial charge in [-0.15, -0.1) is 11.3 Å². The van der Waals surface area contributed by atoms with E-state index in [1.54, 1.807) is 35.5 Å². The Morgan fingerprint density at radius 1 is 1.36 bits per heavy atom. The largest absolute Gasteiger partial charge is 0.451 e. The van der Waals surface area contributed by atoms with Crippen LogP contribution in [0.5, 0.6) is 0 Å². The first-order valence-corrected chi connectivity index (χ1v) is 9.93. The van der Waals surface area contributed by atoms with Gasteiger partial charge in [-0.3, -0.25) is 9.59 Å². The third-order valence-corrected chi connectivity index (χ3v) is 4.88. The lowest BCUT2D eigenvalue weighted by atomic mass is 10.2. The number of furan rings is 1. The number of nitrogens with zero attached hydrogens (tertiary/aromatic N) is 1. The quantitative estimate of drug-likeness (QED) is 0.661. The minimum atomic E-state index is -0.655. The molecule has 1 unspecified atom stereocenters. The average molecular weight is 375 g/mol. The number of thiazole rings is 1. The molecule has 6 nitrogen and oxygen atoms in total. The van der Waals surface area contributed by atoms with Gasteiger partial charge in [-0.25, -0.2) is 4.98 Å². The smallest absolute Gasteiger partial charge is 0.287 e. The van der Waals surface area contributed by atoms with Gasteiger partial charge >= 0.3 is 0 Å². The van der Waals surface area contributed by atoms with E-state index in [9.17, 15) is 9.59 Å². The first-order chi connectivity index (χ1) is 12.2. The van der Waals surface area contributed by atoms with Gasteiger partial charge in [-0.2, -0.15) is 11.8 Å². The van der Waals surface area contributed by atoms with Crippen LogP contribution in [-0.4, -0.2) is 34.8 Å². The molecule has 1 aromatic carbocycles. The van der Waals surface area contributed by atoms with Gasteiger partial charge in [0, 0.05) is 17.0 Å². The molecule has 130 valence electrons. The summed E-state index contributed by atoms with van der Waals surface area (Å²) >= 11 is 2.95. The molecule has 3 aromatic rings. The van der Waals surface area contributed by atoms with Crippen LogP contribution in [0.3, 0.4) is 0 Å². The summed E-state index contributed by atoms with van der Waals surface area (Å²) < 4.78 is 5.56. The van der Waals surface area contributed by atoms with Crippen molar-refractivity contribution in [2.45, 2.75) is 12.5 Å². The highest BCUT2D eigenvalue weighted by Gasteiger charge is 2.23. The predicted octanol–water partition coefficient (Wildman–Crippen LogP) is 3.38. The van der Waals surface area contributed by atoms with Gasteiger partial charge in [0.25, 0.3) is 5.91 Å². The molecule has 2 aromatic heterocycles. The van der Waals surface area contributed by atoms with Gasteiger partial charge in [0.15, 0.2) is 10.9 Å². The Kier molecular flexibility index (Phi) is 5.72. The first kappa shape index (κ1) is 17.5. The van der Waals surface area contributed by atoms with Crippen molar-refractivity contribution < 1.29 is 14.0 Å². The molecule has 0 bridgehead atoms. The van der Waals surface area contributed by atoms with Crippen molar-refractivity contribution >= 4 is 51.0 Å². The lowest BCUT2D eigenvalue weighted by molar-refractivity contribution is -0.118. The fourth-order valence-electron chi connectivity index (χ4n) is 2.31. The van der Waals surface area contributed by atoms with Crippen LogP contribution in [0.4, 0.5) is 5.13 Å². The fourth-order valence-corrected chi connectivity index (χ4v) is 3.31. The normalized spacial score (nSPS) is 12.0. The van der Waals surface area contributed by atoms with Crippen molar-refractivity contribution in [3.63, 3.8) is 0 Å². The van der Waals surface area contributed by atoms with Crippen LogP contribution in [0.2, 0.25) is 0 Å². The summed E-state index contributed by atoms with van der Waals surface area (Å²) in [6.45, 7) is 0. The molecule has 0 saturated heterocycles. The molecular formula is C17H17N3O3S2. The monoisotopic (exact) mass is 375 g/mol. The zero-order chi connectivity index (χ0) is 17.6. The van der Waals surface area contributed by atoms with Crippen LogP contribution in [0.25, 0.3) is 11.0 Å². The van der Waals surface area contributed by atoms with Crippen LogP contribution in [-0.2, 0) is 4.79 Å². The van der Waals surface area contributed by atoms with Crippen LogP contribution < -0.4 is 10.6 Å². The number of anilines is 1. The van der Waals surface area contributed by atoms with Gasteiger partial charge in [-0.1, -0.05) is 18.2 Å². The van der Waals surface area contributed by atoms with Crippen molar-refractivity contribution in [1.82, 2.24) is 10.3 Å². The van der Waals surface area contributed by atoms with E-state index in [0.29, 0.717) is 17.1 Å². The molecule has 0 aliphatic carbocycles. The van der Waals surface area contributed by atoms with E-state index in [4.69, 9.17) is 4.42 Å². The molecule has 2 amide bonds. The average Bonchev–Trinajstić information content (AvgIpc) is 3.27.